The number of morpholine rings is 1. The van der Waals surface area contributed by atoms with Gasteiger partial charge in [-0.2, -0.15) is 0 Å². The minimum absolute atomic E-state index is 0. The first-order chi connectivity index (χ1) is 12.7. The molecule has 0 bridgehead atoms. The summed E-state index contributed by atoms with van der Waals surface area (Å²) in [5, 5.41) is 1.58. The fourth-order valence-electron chi connectivity index (χ4n) is 3.43. The zero-order chi connectivity index (χ0) is 18.1. The zero-order valence-corrected chi connectivity index (χ0v) is 16.2. The van der Waals surface area contributed by atoms with Gasteiger partial charge in [-0.25, -0.2) is 0 Å². The number of H-pyrrole nitrogens is 1. The first kappa shape index (κ1) is 19.7. The van der Waals surface area contributed by atoms with Gasteiger partial charge < -0.3 is 20.4 Å². The predicted molar refractivity (Wildman–Crippen MR) is 111 cm³/mol. The summed E-state index contributed by atoms with van der Waals surface area (Å²) in [6.07, 6.45) is -0.119. The standard InChI is InChI=1S/C20H20ClN3O2.ClH/c21-14-6-7-17-16(10-14)18(13-4-2-1-3-5-13)19(23-17)20(25)24-8-9-26-15(11-22)12-24;/h1-7,10,15,23H,8-9,11-12,22H2;1H. The van der Waals surface area contributed by atoms with E-state index in [2.05, 4.69) is 4.98 Å². The number of carbonyl (C=O) groups excluding carboxylic acids is 1. The zero-order valence-electron chi connectivity index (χ0n) is 14.7. The molecule has 4 rings (SSSR count). The van der Waals surface area contributed by atoms with Crippen molar-refractivity contribution in [2.75, 3.05) is 26.2 Å². The Kier molecular flexibility index (Phi) is 6.07. The normalized spacial score (nSPS) is 17.0. The van der Waals surface area contributed by atoms with Crippen LogP contribution in [-0.2, 0) is 4.74 Å². The number of amides is 1. The van der Waals surface area contributed by atoms with Gasteiger partial charge in [-0.1, -0.05) is 41.9 Å². The molecule has 1 aliphatic heterocycles. The Morgan fingerprint density at radius 2 is 2.04 bits per heavy atom. The van der Waals surface area contributed by atoms with Gasteiger partial charge in [-0.3, -0.25) is 4.79 Å². The molecule has 2 aromatic carbocycles. The third-order valence-electron chi connectivity index (χ3n) is 4.73. The van der Waals surface area contributed by atoms with Crippen molar-refractivity contribution < 1.29 is 9.53 Å². The first-order valence-electron chi connectivity index (χ1n) is 8.65. The average Bonchev–Trinajstić information content (AvgIpc) is 3.06. The number of nitrogens with zero attached hydrogens (tertiary/aromatic N) is 1. The molecule has 0 radical (unpaired) electrons. The van der Waals surface area contributed by atoms with Gasteiger partial charge in [0.15, 0.2) is 0 Å². The van der Waals surface area contributed by atoms with Crippen molar-refractivity contribution in [3.63, 3.8) is 0 Å². The fourth-order valence-corrected chi connectivity index (χ4v) is 3.61. The van der Waals surface area contributed by atoms with Gasteiger partial charge in [0.05, 0.1) is 12.7 Å². The molecular formula is C20H21Cl2N3O2. The Hall–Kier alpha value is -2.05. The molecule has 1 amide bonds. The van der Waals surface area contributed by atoms with Crippen molar-refractivity contribution in [1.29, 1.82) is 0 Å². The Bertz CT molecular complexity index is 943. The molecule has 1 atom stereocenters. The predicted octanol–water partition coefficient (Wildman–Crippen LogP) is 3.71. The summed E-state index contributed by atoms with van der Waals surface area (Å²) in [7, 11) is 0. The lowest BCUT2D eigenvalue weighted by atomic mass is 10.0. The van der Waals surface area contributed by atoms with Gasteiger partial charge in [-0.15, -0.1) is 12.4 Å². The van der Waals surface area contributed by atoms with E-state index >= 15 is 0 Å². The molecule has 0 spiro atoms. The second-order valence-electron chi connectivity index (χ2n) is 6.41. The summed E-state index contributed by atoms with van der Waals surface area (Å²) >= 11 is 6.21. The maximum Gasteiger partial charge on any atom is 0.271 e. The van der Waals surface area contributed by atoms with E-state index in [1.165, 1.54) is 0 Å². The van der Waals surface area contributed by atoms with E-state index in [-0.39, 0.29) is 24.4 Å². The molecule has 0 aliphatic carbocycles. The van der Waals surface area contributed by atoms with Gasteiger partial charge in [-0.05, 0) is 23.8 Å². The number of ether oxygens (including phenoxy) is 1. The van der Waals surface area contributed by atoms with Gasteiger partial charge in [0.25, 0.3) is 5.91 Å². The lowest BCUT2D eigenvalue weighted by Crippen LogP contribution is -2.48. The summed E-state index contributed by atoms with van der Waals surface area (Å²) in [5.74, 6) is -0.0436. The van der Waals surface area contributed by atoms with E-state index < -0.39 is 0 Å². The van der Waals surface area contributed by atoms with Crippen molar-refractivity contribution in [3.8, 4) is 11.1 Å². The molecule has 2 heterocycles. The number of nitrogens with one attached hydrogen (secondary N) is 1. The minimum Gasteiger partial charge on any atom is -0.373 e. The Morgan fingerprint density at radius 3 is 2.78 bits per heavy atom. The van der Waals surface area contributed by atoms with Crippen LogP contribution in [0.2, 0.25) is 5.02 Å². The maximum absolute atomic E-state index is 13.3. The number of aromatic nitrogens is 1. The van der Waals surface area contributed by atoms with Crippen LogP contribution in [0.25, 0.3) is 22.0 Å². The molecule has 1 saturated heterocycles. The molecule has 1 aromatic heterocycles. The number of hydrogen-bond acceptors (Lipinski definition) is 3. The van der Waals surface area contributed by atoms with Crippen molar-refractivity contribution in [2.24, 2.45) is 5.73 Å². The van der Waals surface area contributed by atoms with E-state index in [9.17, 15) is 4.79 Å². The highest BCUT2D eigenvalue weighted by Gasteiger charge is 2.28. The summed E-state index contributed by atoms with van der Waals surface area (Å²) in [5.41, 5.74) is 9.04. The van der Waals surface area contributed by atoms with E-state index in [0.29, 0.717) is 37.0 Å². The van der Waals surface area contributed by atoms with Gasteiger partial charge >= 0.3 is 0 Å². The van der Waals surface area contributed by atoms with Crippen LogP contribution in [0.5, 0.6) is 0 Å². The molecule has 1 fully saturated rings. The van der Waals surface area contributed by atoms with Crippen LogP contribution >= 0.6 is 24.0 Å². The second-order valence-corrected chi connectivity index (χ2v) is 6.85. The quantitative estimate of drug-likeness (QED) is 0.697. The van der Waals surface area contributed by atoms with E-state index in [1.807, 2.05) is 48.5 Å². The fraction of sp³-hybridized carbons (Fsp3) is 0.250. The number of aromatic amines is 1. The van der Waals surface area contributed by atoms with Crippen molar-refractivity contribution in [3.05, 3.63) is 59.2 Å². The molecule has 1 unspecified atom stereocenters. The number of fused-ring (bicyclic) bond motifs is 1. The molecule has 27 heavy (non-hydrogen) atoms. The van der Waals surface area contributed by atoms with E-state index in [1.54, 1.807) is 4.90 Å². The van der Waals surface area contributed by atoms with Gasteiger partial charge in [0.1, 0.15) is 5.69 Å². The molecule has 3 N–H and O–H groups in total. The molecule has 0 saturated carbocycles. The highest BCUT2D eigenvalue weighted by atomic mass is 35.5. The van der Waals surface area contributed by atoms with Crippen LogP contribution in [0.4, 0.5) is 0 Å². The van der Waals surface area contributed by atoms with Crippen LogP contribution in [0, 0.1) is 0 Å². The SMILES string of the molecule is Cl.NCC1CN(C(=O)c2[nH]c3ccc(Cl)cc3c2-c2ccccc2)CCO1. The third kappa shape index (κ3) is 3.82. The van der Waals surface area contributed by atoms with Crippen LogP contribution in [0.1, 0.15) is 10.5 Å². The molecule has 3 aromatic rings. The maximum atomic E-state index is 13.3. The molecule has 142 valence electrons. The van der Waals surface area contributed by atoms with Crippen LogP contribution < -0.4 is 5.73 Å². The Labute approximate surface area is 168 Å². The molecule has 5 nitrogen and oxygen atoms in total. The molecular weight excluding hydrogens is 385 g/mol. The summed E-state index contributed by atoms with van der Waals surface area (Å²) in [6.45, 7) is 1.96. The van der Waals surface area contributed by atoms with Gasteiger partial charge in [0.2, 0.25) is 0 Å². The van der Waals surface area contributed by atoms with Crippen LogP contribution in [0.3, 0.4) is 0 Å². The van der Waals surface area contributed by atoms with Gasteiger partial charge in [0, 0.05) is 41.1 Å². The second kappa shape index (κ2) is 8.31. The Morgan fingerprint density at radius 1 is 1.26 bits per heavy atom. The molecule has 7 heteroatoms. The summed E-state index contributed by atoms with van der Waals surface area (Å²) < 4.78 is 5.59. The number of rotatable bonds is 3. The summed E-state index contributed by atoms with van der Waals surface area (Å²) in [6, 6.07) is 15.5. The number of halogens is 2. The first-order valence-corrected chi connectivity index (χ1v) is 9.02. The van der Waals surface area contributed by atoms with Crippen LogP contribution in [0.15, 0.2) is 48.5 Å². The topological polar surface area (TPSA) is 71.3 Å². The lowest BCUT2D eigenvalue weighted by molar-refractivity contribution is -0.0168. The minimum atomic E-state index is -0.119. The number of benzene rings is 2. The smallest absolute Gasteiger partial charge is 0.271 e. The largest absolute Gasteiger partial charge is 0.373 e. The van der Waals surface area contributed by atoms with E-state index in [4.69, 9.17) is 22.1 Å². The lowest BCUT2D eigenvalue weighted by Gasteiger charge is -2.32. The highest BCUT2D eigenvalue weighted by molar-refractivity contribution is 6.31. The highest BCUT2D eigenvalue weighted by Crippen LogP contribution is 2.34. The van der Waals surface area contributed by atoms with Crippen molar-refractivity contribution in [2.45, 2.75) is 6.10 Å². The average molecular weight is 406 g/mol. The summed E-state index contributed by atoms with van der Waals surface area (Å²) in [4.78, 5) is 18.4. The van der Waals surface area contributed by atoms with Crippen molar-refractivity contribution in [1.82, 2.24) is 9.88 Å². The van der Waals surface area contributed by atoms with E-state index in [0.717, 1.165) is 22.0 Å². The third-order valence-corrected chi connectivity index (χ3v) is 4.96. The van der Waals surface area contributed by atoms with Crippen molar-refractivity contribution >= 4 is 40.8 Å². The Balaban J connectivity index is 0.00000210. The number of nitrogens with two attached hydrogens (primary N) is 1. The monoisotopic (exact) mass is 405 g/mol. The van der Waals surface area contributed by atoms with Crippen LogP contribution in [-0.4, -0.2) is 48.1 Å². The number of carbonyl (C=O) groups is 1. The molecule has 1 aliphatic rings. The number of hydrogen-bond donors (Lipinski definition) is 2.